The zero-order valence-electron chi connectivity index (χ0n) is 10.1. The van der Waals surface area contributed by atoms with Crippen molar-refractivity contribution in [2.45, 2.75) is 19.4 Å². The standard InChI is InChI=1S/C13H13FO4/c1-7-3-8-5-11(17-2)9(6-12(8)18-7)4-10(14)13(15)16/h4-7H,3H2,1-2H3,(H,15,16)/b10-4+. The molecule has 1 aromatic rings. The van der Waals surface area contributed by atoms with Crippen LogP contribution in [0.15, 0.2) is 18.0 Å². The van der Waals surface area contributed by atoms with E-state index in [0.29, 0.717) is 17.1 Å². The Kier molecular flexibility index (Phi) is 3.23. The van der Waals surface area contributed by atoms with Gasteiger partial charge in [0.1, 0.15) is 17.6 Å². The third kappa shape index (κ3) is 2.30. The normalized spacial score (nSPS) is 18.2. The summed E-state index contributed by atoms with van der Waals surface area (Å²) in [6, 6.07) is 3.35. The van der Waals surface area contributed by atoms with Crippen LogP contribution in [0.25, 0.3) is 6.08 Å². The van der Waals surface area contributed by atoms with Crippen molar-refractivity contribution in [3.63, 3.8) is 0 Å². The van der Waals surface area contributed by atoms with Gasteiger partial charge in [0.05, 0.1) is 7.11 Å². The number of carboxylic acid groups (broad SMARTS) is 1. The van der Waals surface area contributed by atoms with Crippen LogP contribution < -0.4 is 9.47 Å². The molecule has 96 valence electrons. The number of carbonyl (C=O) groups is 1. The average molecular weight is 252 g/mol. The molecule has 0 saturated carbocycles. The molecule has 0 spiro atoms. The number of fused-ring (bicyclic) bond motifs is 1. The van der Waals surface area contributed by atoms with E-state index in [1.54, 1.807) is 12.1 Å². The van der Waals surface area contributed by atoms with Crippen LogP contribution in [0, 0.1) is 0 Å². The summed E-state index contributed by atoms with van der Waals surface area (Å²) in [4.78, 5) is 10.5. The monoisotopic (exact) mass is 252 g/mol. The van der Waals surface area contributed by atoms with Gasteiger partial charge in [0.25, 0.3) is 0 Å². The molecule has 1 atom stereocenters. The first-order valence-electron chi connectivity index (χ1n) is 5.49. The van der Waals surface area contributed by atoms with Crippen LogP contribution in [0.5, 0.6) is 11.5 Å². The van der Waals surface area contributed by atoms with Gasteiger partial charge in [-0.2, -0.15) is 4.39 Å². The Labute approximate surface area is 104 Å². The maximum Gasteiger partial charge on any atom is 0.364 e. The summed E-state index contributed by atoms with van der Waals surface area (Å²) < 4.78 is 23.8. The lowest BCUT2D eigenvalue weighted by Crippen LogP contribution is -2.05. The van der Waals surface area contributed by atoms with Crippen molar-refractivity contribution >= 4 is 12.0 Å². The molecule has 1 aromatic carbocycles. The average Bonchev–Trinajstić information content (AvgIpc) is 2.66. The van der Waals surface area contributed by atoms with E-state index in [9.17, 15) is 9.18 Å². The van der Waals surface area contributed by atoms with Crippen molar-refractivity contribution in [3.05, 3.63) is 29.1 Å². The molecular formula is C13H13FO4. The molecule has 1 N–H and O–H groups in total. The fraction of sp³-hybridized carbons (Fsp3) is 0.308. The van der Waals surface area contributed by atoms with Crippen LogP contribution in [0.3, 0.4) is 0 Å². The Bertz CT molecular complexity index is 522. The molecule has 1 unspecified atom stereocenters. The van der Waals surface area contributed by atoms with Crippen LogP contribution in [-0.4, -0.2) is 24.3 Å². The van der Waals surface area contributed by atoms with Crippen molar-refractivity contribution in [2.75, 3.05) is 7.11 Å². The summed E-state index contributed by atoms with van der Waals surface area (Å²) in [5, 5.41) is 8.53. The molecule has 0 aromatic heterocycles. The van der Waals surface area contributed by atoms with Gasteiger partial charge in [0.2, 0.25) is 5.83 Å². The van der Waals surface area contributed by atoms with Gasteiger partial charge >= 0.3 is 5.97 Å². The van der Waals surface area contributed by atoms with Gasteiger partial charge < -0.3 is 14.6 Å². The van der Waals surface area contributed by atoms with Crippen molar-refractivity contribution in [1.29, 1.82) is 0 Å². The molecule has 0 radical (unpaired) electrons. The van der Waals surface area contributed by atoms with Gasteiger partial charge in [-0.05, 0) is 25.1 Å². The summed E-state index contributed by atoms with van der Waals surface area (Å²) >= 11 is 0. The van der Waals surface area contributed by atoms with Gasteiger partial charge in [0, 0.05) is 17.5 Å². The molecule has 1 aliphatic rings. The number of hydrogen-bond donors (Lipinski definition) is 1. The highest BCUT2D eigenvalue weighted by Gasteiger charge is 2.21. The summed E-state index contributed by atoms with van der Waals surface area (Å²) in [5.41, 5.74) is 1.33. The quantitative estimate of drug-likeness (QED) is 0.839. The molecule has 0 amide bonds. The molecule has 18 heavy (non-hydrogen) atoms. The summed E-state index contributed by atoms with van der Waals surface area (Å²) in [6.45, 7) is 1.93. The van der Waals surface area contributed by atoms with E-state index in [-0.39, 0.29) is 6.10 Å². The van der Waals surface area contributed by atoms with E-state index in [0.717, 1.165) is 18.1 Å². The minimum atomic E-state index is -1.60. The minimum absolute atomic E-state index is 0.0632. The second-order valence-electron chi connectivity index (χ2n) is 4.13. The third-order valence-corrected chi connectivity index (χ3v) is 2.73. The van der Waals surface area contributed by atoms with Crippen molar-refractivity contribution in [1.82, 2.24) is 0 Å². The number of halogens is 1. The summed E-state index contributed by atoms with van der Waals surface area (Å²) in [7, 11) is 1.46. The number of hydrogen-bond acceptors (Lipinski definition) is 3. The largest absolute Gasteiger partial charge is 0.496 e. The second-order valence-corrected chi connectivity index (χ2v) is 4.13. The molecule has 1 aliphatic heterocycles. The molecule has 4 nitrogen and oxygen atoms in total. The van der Waals surface area contributed by atoms with E-state index in [4.69, 9.17) is 14.6 Å². The molecule has 1 heterocycles. The van der Waals surface area contributed by atoms with E-state index in [1.165, 1.54) is 7.11 Å². The third-order valence-electron chi connectivity index (χ3n) is 2.73. The predicted octanol–water partition coefficient (Wildman–Crippen LogP) is 2.41. The van der Waals surface area contributed by atoms with E-state index in [1.807, 2.05) is 6.92 Å². The van der Waals surface area contributed by atoms with Gasteiger partial charge in [-0.3, -0.25) is 0 Å². The Morgan fingerprint density at radius 3 is 2.94 bits per heavy atom. The maximum atomic E-state index is 13.1. The predicted molar refractivity (Wildman–Crippen MR) is 63.5 cm³/mol. The minimum Gasteiger partial charge on any atom is -0.496 e. The van der Waals surface area contributed by atoms with Crippen LogP contribution >= 0.6 is 0 Å². The van der Waals surface area contributed by atoms with Crippen LogP contribution in [0.4, 0.5) is 4.39 Å². The van der Waals surface area contributed by atoms with Crippen molar-refractivity contribution < 1.29 is 23.8 Å². The Morgan fingerprint density at radius 1 is 1.61 bits per heavy atom. The molecule has 2 rings (SSSR count). The fourth-order valence-corrected chi connectivity index (χ4v) is 1.94. The number of benzene rings is 1. The first kappa shape index (κ1) is 12.4. The van der Waals surface area contributed by atoms with Crippen LogP contribution in [-0.2, 0) is 11.2 Å². The van der Waals surface area contributed by atoms with Gasteiger partial charge in [-0.25, -0.2) is 4.79 Å². The lowest BCUT2D eigenvalue weighted by atomic mass is 10.1. The first-order valence-corrected chi connectivity index (χ1v) is 5.49. The number of aliphatic carboxylic acids is 1. The first-order chi connectivity index (χ1) is 8.51. The maximum absolute atomic E-state index is 13.1. The molecule has 0 fully saturated rings. The van der Waals surface area contributed by atoms with E-state index in [2.05, 4.69) is 0 Å². The molecule has 5 heteroatoms. The number of rotatable bonds is 3. The van der Waals surface area contributed by atoms with Gasteiger partial charge in [-0.1, -0.05) is 0 Å². The van der Waals surface area contributed by atoms with Crippen LogP contribution in [0.1, 0.15) is 18.1 Å². The lowest BCUT2D eigenvalue weighted by molar-refractivity contribution is -0.134. The second kappa shape index (κ2) is 4.68. The molecular weight excluding hydrogens is 239 g/mol. The summed E-state index contributed by atoms with van der Waals surface area (Å²) in [5.74, 6) is -1.76. The topological polar surface area (TPSA) is 55.8 Å². The Morgan fingerprint density at radius 2 is 2.33 bits per heavy atom. The molecule has 0 bridgehead atoms. The van der Waals surface area contributed by atoms with Gasteiger partial charge in [-0.15, -0.1) is 0 Å². The van der Waals surface area contributed by atoms with Gasteiger partial charge in [0.15, 0.2) is 0 Å². The van der Waals surface area contributed by atoms with Crippen molar-refractivity contribution in [2.24, 2.45) is 0 Å². The highest BCUT2D eigenvalue weighted by Crippen LogP contribution is 2.35. The zero-order valence-corrected chi connectivity index (χ0v) is 10.1. The smallest absolute Gasteiger partial charge is 0.364 e. The van der Waals surface area contributed by atoms with Crippen molar-refractivity contribution in [3.8, 4) is 11.5 Å². The summed E-state index contributed by atoms with van der Waals surface area (Å²) in [6.07, 6.45) is 1.75. The molecule has 0 saturated heterocycles. The lowest BCUT2D eigenvalue weighted by Gasteiger charge is -2.08. The van der Waals surface area contributed by atoms with E-state index >= 15 is 0 Å². The fourth-order valence-electron chi connectivity index (χ4n) is 1.94. The van der Waals surface area contributed by atoms with E-state index < -0.39 is 11.8 Å². The number of ether oxygens (including phenoxy) is 2. The SMILES string of the molecule is COc1cc2c(cc1/C=C(/F)C(=O)O)OC(C)C2. The zero-order chi connectivity index (χ0) is 13.3. The number of methoxy groups -OCH3 is 1. The molecule has 0 aliphatic carbocycles. The Balaban J connectivity index is 2.45. The highest BCUT2D eigenvalue weighted by molar-refractivity contribution is 5.90. The Hall–Kier alpha value is -2.04. The highest BCUT2D eigenvalue weighted by atomic mass is 19.1. The number of carboxylic acids is 1. The van der Waals surface area contributed by atoms with Crippen LogP contribution in [0.2, 0.25) is 0 Å².